The number of fused-ring (bicyclic) bond motifs is 1. The number of hydrogen-bond acceptors (Lipinski definition) is 4. The number of amides is 1. The highest BCUT2D eigenvalue weighted by Crippen LogP contribution is 2.30. The first-order valence-electron chi connectivity index (χ1n) is 6.60. The molecule has 1 aliphatic rings. The van der Waals surface area contributed by atoms with Crippen LogP contribution in [-0.4, -0.2) is 36.2 Å². The van der Waals surface area contributed by atoms with E-state index in [4.69, 9.17) is 15.6 Å². The lowest BCUT2D eigenvalue weighted by molar-refractivity contribution is -0.137. The van der Waals surface area contributed by atoms with Crippen LogP contribution >= 0.6 is 0 Å². The van der Waals surface area contributed by atoms with Crippen LogP contribution in [0.2, 0.25) is 0 Å². The quantitative estimate of drug-likeness (QED) is 0.857. The highest BCUT2D eigenvalue weighted by molar-refractivity contribution is 5.98. The first kappa shape index (κ1) is 14.3. The van der Waals surface area contributed by atoms with E-state index in [2.05, 4.69) is 0 Å². The van der Waals surface area contributed by atoms with E-state index in [-0.39, 0.29) is 18.7 Å². The number of benzene rings is 1. The maximum atomic E-state index is 12.4. The van der Waals surface area contributed by atoms with E-state index >= 15 is 0 Å². The monoisotopic (exact) mass is 278 g/mol. The molecule has 3 N–H and O–H groups in total. The van der Waals surface area contributed by atoms with Crippen LogP contribution in [0.5, 0.6) is 5.75 Å². The minimum atomic E-state index is -0.951. The third kappa shape index (κ3) is 3.27. The van der Waals surface area contributed by atoms with Crippen molar-refractivity contribution in [1.82, 2.24) is 0 Å². The number of nitrogens with zero attached hydrogens (tertiary/aromatic N) is 1. The Morgan fingerprint density at radius 1 is 1.40 bits per heavy atom. The van der Waals surface area contributed by atoms with Crippen LogP contribution in [0.4, 0.5) is 5.69 Å². The van der Waals surface area contributed by atoms with E-state index in [9.17, 15) is 9.59 Å². The van der Waals surface area contributed by atoms with Gasteiger partial charge in [0.15, 0.2) is 0 Å². The second kappa shape index (κ2) is 6.38. The van der Waals surface area contributed by atoms with Crippen LogP contribution in [0.1, 0.15) is 19.3 Å². The number of rotatable bonds is 4. The number of para-hydroxylation sites is 2. The van der Waals surface area contributed by atoms with Gasteiger partial charge in [0, 0.05) is 13.0 Å². The number of carboxylic acids is 1. The van der Waals surface area contributed by atoms with Crippen molar-refractivity contribution in [2.75, 3.05) is 18.1 Å². The van der Waals surface area contributed by atoms with Crippen molar-refractivity contribution >= 4 is 17.6 Å². The predicted octanol–water partition coefficient (Wildman–Crippen LogP) is 0.994. The second-order valence-corrected chi connectivity index (χ2v) is 4.70. The second-order valence-electron chi connectivity index (χ2n) is 4.70. The molecule has 0 saturated carbocycles. The molecule has 1 atom stereocenters. The average Bonchev–Trinajstić information content (AvgIpc) is 2.66. The van der Waals surface area contributed by atoms with Crippen molar-refractivity contribution in [3.05, 3.63) is 24.3 Å². The van der Waals surface area contributed by atoms with Gasteiger partial charge in [-0.15, -0.1) is 0 Å². The third-order valence-corrected chi connectivity index (χ3v) is 3.19. The van der Waals surface area contributed by atoms with E-state index in [1.54, 1.807) is 4.90 Å². The maximum absolute atomic E-state index is 12.4. The van der Waals surface area contributed by atoms with Crippen molar-refractivity contribution in [3.8, 4) is 5.75 Å². The summed E-state index contributed by atoms with van der Waals surface area (Å²) in [5.41, 5.74) is 6.50. The van der Waals surface area contributed by atoms with Crippen LogP contribution in [0, 0.1) is 0 Å². The first-order valence-corrected chi connectivity index (χ1v) is 6.60. The molecule has 0 fully saturated rings. The summed E-state index contributed by atoms with van der Waals surface area (Å²) in [4.78, 5) is 24.5. The largest absolute Gasteiger partial charge is 0.491 e. The molecule has 1 amide bonds. The topological polar surface area (TPSA) is 92.9 Å². The Morgan fingerprint density at radius 2 is 2.15 bits per heavy atom. The van der Waals surface area contributed by atoms with Gasteiger partial charge in [0.05, 0.1) is 18.3 Å². The normalized spacial score (nSPS) is 15.8. The molecular formula is C14H18N2O4. The van der Waals surface area contributed by atoms with Crippen LogP contribution in [0.3, 0.4) is 0 Å². The number of carboxylic acid groups (broad SMARTS) is 1. The Kier molecular flexibility index (Phi) is 4.57. The van der Waals surface area contributed by atoms with Gasteiger partial charge in [0.2, 0.25) is 5.91 Å². The van der Waals surface area contributed by atoms with E-state index in [1.165, 1.54) is 0 Å². The lowest BCUT2D eigenvalue weighted by atomic mass is 10.1. The number of carbonyl (C=O) groups excluding carboxylic acids is 1. The summed E-state index contributed by atoms with van der Waals surface area (Å²) in [5, 5.41) is 8.66. The van der Waals surface area contributed by atoms with Gasteiger partial charge in [-0.2, -0.15) is 0 Å². The van der Waals surface area contributed by atoms with Crippen molar-refractivity contribution in [3.63, 3.8) is 0 Å². The zero-order valence-corrected chi connectivity index (χ0v) is 11.1. The Morgan fingerprint density at radius 3 is 2.90 bits per heavy atom. The smallest absolute Gasteiger partial charge is 0.303 e. The number of carbonyl (C=O) groups is 2. The fourth-order valence-corrected chi connectivity index (χ4v) is 2.16. The lowest BCUT2D eigenvalue weighted by Gasteiger charge is -2.24. The maximum Gasteiger partial charge on any atom is 0.303 e. The molecule has 0 radical (unpaired) electrons. The Hall–Kier alpha value is -2.08. The summed E-state index contributed by atoms with van der Waals surface area (Å²) in [6.45, 7) is 1.07. The zero-order valence-electron chi connectivity index (χ0n) is 11.1. The minimum Gasteiger partial charge on any atom is -0.491 e. The van der Waals surface area contributed by atoms with Gasteiger partial charge < -0.3 is 20.5 Å². The number of ether oxygens (including phenoxy) is 1. The van der Waals surface area contributed by atoms with Crippen LogP contribution in [0.15, 0.2) is 24.3 Å². The SMILES string of the molecule is NC(CCC(=O)O)C(=O)N1CCCOc2ccccc21. The van der Waals surface area contributed by atoms with Gasteiger partial charge in [0.25, 0.3) is 0 Å². The molecule has 1 aromatic carbocycles. The summed E-state index contributed by atoms with van der Waals surface area (Å²) < 4.78 is 5.58. The number of hydrogen-bond donors (Lipinski definition) is 2. The van der Waals surface area contributed by atoms with Crippen LogP contribution in [-0.2, 0) is 9.59 Å². The number of aliphatic carboxylic acids is 1. The molecule has 6 nitrogen and oxygen atoms in total. The predicted molar refractivity (Wildman–Crippen MR) is 73.8 cm³/mol. The zero-order chi connectivity index (χ0) is 14.5. The van der Waals surface area contributed by atoms with Crippen molar-refractivity contribution in [1.29, 1.82) is 0 Å². The Balaban J connectivity index is 2.14. The Labute approximate surface area is 117 Å². The molecule has 1 heterocycles. The molecule has 1 aliphatic heterocycles. The highest BCUT2D eigenvalue weighted by atomic mass is 16.5. The summed E-state index contributed by atoms with van der Waals surface area (Å²) >= 11 is 0. The summed E-state index contributed by atoms with van der Waals surface area (Å²) in [6, 6.07) is 6.48. The van der Waals surface area contributed by atoms with Crippen molar-refractivity contribution in [2.24, 2.45) is 5.73 Å². The Bertz CT molecular complexity index is 504. The van der Waals surface area contributed by atoms with Gasteiger partial charge in [-0.05, 0) is 25.0 Å². The molecule has 2 rings (SSSR count). The molecule has 0 aromatic heterocycles. The molecule has 0 bridgehead atoms. The fourth-order valence-electron chi connectivity index (χ4n) is 2.16. The van der Waals surface area contributed by atoms with E-state index in [0.717, 1.165) is 0 Å². The van der Waals surface area contributed by atoms with Gasteiger partial charge in [-0.25, -0.2) is 0 Å². The fraction of sp³-hybridized carbons (Fsp3) is 0.429. The number of anilines is 1. The van der Waals surface area contributed by atoms with Crippen LogP contribution in [0.25, 0.3) is 0 Å². The summed E-state index contributed by atoms with van der Waals surface area (Å²) in [5.74, 6) is -0.555. The third-order valence-electron chi connectivity index (χ3n) is 3.19. The van der Waals surface area contributed by atoms with Gasteiger partial charge in [-0.1, -0.05) is 12.1 Å². The molecule has 0 spiro atoms. The molecule has 20 heavy (non-hydrogen) atoms. The van der Waals surface area contributed by atoms with E-state index in [1.807, 2.05) is 24.3 Å². The van der Waals surface area contributed by atoms with E-state index < -0.39 is 12.0 Å². The molecule has 1 unspecified atom stereocenters. The number of nitrogens with two attached hydrogens (primary N) is 1. The highest BCUT2D eigenvalue weighted by Gasteiger charge is 2.26. The molecule has 0 aliphatic carbocycles. The average molecular weight is 278 g/mol. The summed E-state index contributed by atoms with van der Waals surface area (Å²) in [7, 11) is 0. The minimum absolute atomic E-state index is 0.112. The lowest BCUT2D eigenvalue weighted by Crippen LogP contribution is -2.44. The molecule has 1 aromatic rings. The van der Waals surface area contributed by atoms with E-state index in [0.29, 0.717) is 31.0 Å². The molecule has 0 saturated heterocycles. The molecular weight excluding hydrogens is 260 g/mol. The van der Waals surface area contributed by atoms with Crippen LogP contribution < -0.4 is 15.4 Å². The van der Waals surface area contributed by atoms with Crippen molar-refractivity contribution in [2.45, 2.75) is 25.3 Å². The molecule has 6 heteroatoms. The standard InChI is InChI=1S/C14H18N2O4/c15-10(6-7-13(17)18)14(19)16-8-3-9-20-12-5-2-1-4-11(12)16/h1-2,4-5,10H,3,6-9,15H2,(H,17,18). The first-order chi connectivity index (χ1) is 9.59. The van der Waals surface area contributed by atoms with Gasteiger partial charge in [0.1, 0.15) is 5.75 Å². The van der Waals surface area contributed by atoms with Gasteiger partial charge in [-0.3, -0.25) is 9.59 Å². The molecule has 108 valence electrons. The summed E-state index contributed by atoms with van der Waals surface area (Å²) in [6.07, 6.45) is 0.735. The van der Waals surface area contributed by atoms with Gasteiger partial charge >= 0.3 is 5.97 Å². The van der Waals surface area contributed by atoms with Crippen molar-refractivity contribution < 1.29 is 19.4 Å².